The first-order valence-electron chi connectivity index (χ1n) is 10.9. The molecule has 0 bridgehead atoms. The highest BCUT2D eigenvalue weighted by atomic mass is 32.1. The quantitative estimate of drug-likeness (QED) is 0.331. The molecule has 0 spiro atoms. The number of esters is 1. The Morgan fingerprint density at radius 2 is 2.00 bits per heavy atom. The van der Waals surface area contributed by atoms with E-state index in [4.69, 9.17) is 19.2 Å². The molecule has 0 radical (unpaired) electrons. The molecule has 0 aliphatic carbocycles. The van der Waals surface area contributed by atoms with E-state index in [1.807, 2.05) is 48.7 Å². The number of hydrogen-bond acceptors (Lipinski definition) is 7. The summed E-state index contributed by atoms with van der Waals surface area (Å²) < 4.78 is 16.1. The lowest BCUT2D eigenvalue weighted by Gasteiger charge is -2.29. The maximum atomic E-state index is 12.5. The molecular formula is C25H26N2O5S. The first-order chi connectivity index (χ1) is 16.1. The molecule has 0 saturated heterocycles. The van der Waals surface area contributed by atoms with Crippen LogP contribution in [0.25, 0.3) is 11.3 Å². The van der Waals surface area contributed by atoms with Crippen LogP contribution >= 0.6 is 11.3 Å². The Balaban J connectivity index is 1.46. The molecule has 2 heterocycles. The van der Waals surface area contributed by atoms with Crippen LogP contribution in [0.1, 0.15) is 23.9 Å². The molecule has 7 nitrogen and oxygen atoms in total. The zero-order valence-electron chi connectivity index (χ0n) is 18.5. The van der Waals surface area contributed by atoms with Crippen LogP contribution in [0, 0.1) is 0 Å². The standard InChI is InChI=1S/C25H26N2O5S/c1-2-10-30-11-12-31-25(29)15-27-21-14-19(8-9-22(21)32-16-24(27)28)20-17-33-23(26-20)13-18-6-4-3-5-7-18/h3-9,14,17H,2,10-13,15-16H2,1H3. The van der Waals surface area contributed by atoms with Crippen molar-refractivity contribution in [3.63, 3.8) is 0 Å². The smallest absolute Gasteiger partial charge is 0.326 e. The Hall–Kier alpha value is -3.23. The molecule has 0 unspecified atom stereocenters. The van der Waals surface area contributed by atoms with E-state index in [1.54, 1.807) is 11.3 Å². The van der Waals surface area contributed by atoms with Crippen LogP contribution in [0.3, 0.4) is 0 Å². The summed E-state index contributed by atoms with van der Waals surface area (Å²) in [4.78, 5) is 31.0. The predicted octanol–water partition coefficient (Wildman–Crippen LogP) is 4.10. The molecule has 8 heteroatoms. The van der Waals surface area contributed by atoms with E-state index in [1.165, 1.54) is 10.5 Å². The summed E-state index contributed by atoms with van der Waals surface area (Å²) in [6, 6.07) is 15.7. The first kappa shape index (κ1) is 22.9. The van der Waals surface area contributed by atoms with Gasteiger partial charge >= 0.3 is 5.97 Å². The maximum Gasteiger partial charge on any atom is 0.326 e. The van der Waals surface area contributed by atoms with Crippen LogP contribution in [0.15, 0.2) is 53.9 Å². The lowest BCUT2D eigenvalue weighted by Crippen LogP contribution is -2.42. The fourth-order valence-electron chi connectivity index (χ4n) is 3.47. The summed E-state index contributed by atoms with van der Waals surface area (Å²) in [7, 11) is 0. The third-order valence-electron chi connectivity index (χ3n) is 5.07. The van der Waals surface area contributed by atoms with Gasteiger partial charge in [-0.2, -0.15) is 0 Å². The number of rotatable bonds is 10. The van der Waals surface area contributed by atoms with Crippen molar-refractivity contribution in [2.24, 2.45) is 0 Å². The summed E-state index contributed by atoms with van der Waals surface area (Å²) in [5.41, 5.74) is 3.42. The number of aromatic nitrogens is 1. The second-order valence-corrected chi connectivity index (χ2v) is 8.52. The Morgan fingerprint density at radius 1 is 1.15 bits per heavy atom. The second-order valence-electron chi connectivity index (χ2n) is 7.57. The van der Waals surface area contributed by atoms with E-state index in [0.29, 0.717) is 24.7 Å². The zero-order chi connectivity index (χ0) is 23.0. The maximum absolute atomic E-state index is 12.5. The van der Waals surface area contributed by atoms with Gasteiger partial charge in [-0.15, -0.1) is 11.3 Å². The molecule has 4 rings (SSSR count). The molecule has 1 aromatic heterocycles. The number of carbonyl (C=O) groups is 2. The van der Waals surface area contributed by atoms with E-state index >= 15 is 0 Å². The molecule has 172 valence electrons. The molecule has 0 atom stereocenters. The summed E-state index contributed by atoms with van der Waals surface area (Å²) in [5.74, 6) is -0.223. The van der Waals surface area contributed by atoms with Gasteiger partial charge < -0.3 is 14.2 Å². The Kier molecular flexibility index (Phi) is 7.70. The van der Waals surface area contributed by atoms with Crippen molar-refractivity contribution >= 4 is 28.9 Å². The summed E-state index contributed by atoms with van der Waals surface area (Å²) in [6.07, 6.45) is 1.67. The summed E-state index contributed by atoms with van der Waals surface area (Å²) in [5, 5.41) is 3.01. The average Bonchev–Trinajstić information content (AvgIpc) is 3.29. The van der Waals surface area contributed by atoms with Crippen LogP contribution in [-0.2, 0) is 25.5 Å². The molecule has 33 heavy (non-hydrogen) atoms. The van der Waals surface area contributed by atoms with Gasteiger partial charge in [0.15, 0.2) is 6.61 Å². The molecule has 0 N–H and O–H groups in total. The predicted molar refractivity (Wildman–Crippen MR) is 127 cm³/mol. The van der Waals surface area contributed by atoms with E-state index in [9.17, 15) is 9.59 Å². The van der Waals surface area contributed by atoms with Gasteiger partial charge in [0.2, 0.25) is 0 Å². The molecule has 1 aliphatic heterocycles. The fourth-order valence-corrected chi connectivity index (χ4v) is 4.30. The van der Waals surface area contributed by atoms with Crippen molar-refractivity contribution in [3.05, 3.63) is 64.5 Å². The van der Waals surface area contributed by atoms with Gasteiger partial charge in [-0.3, -0.25) is 14.5 Å². The number of amides is 1. The van der Waals surface area contributed by atoms with Crippen LogP contribution in [0.5, 0.6) is 5.75 Å². The average molecular weight is 467 g/mol. The monoisotopic (exact) mass is 466 g/mol. The molecule has 3 aromatic rings. The van der Waals surface area contributed by atoms with Crippen LogP contribution in [0.2, 0.25) is 0 Å². The SMILES string of the molecule is CCCOCCOC(=O)CN1C(=O)COc2ccc(-c3csc(Cc4ccccc4)n3)cc21. The highest BCUT2D eigenvalue weighted by Crippen LogP contribution is 2.36. The van der Waals surface area contributed by atoms with Crippen molar-refractivity contribution in [2.75, 3.05) is 37.9 Å². The number of benzene rings is 2. The molecule has 2 aromatic carbocycles. The third kappa shape index (κ3) is 5.97. The van der Waals surface area contributed by atoms with Gasteiger partial charge in [-0.1, -0.05) is 37.3 Å². The van der Waals surface area contributed by atoms with Crippen LogP contribution in [0.4, 0.5) is 5.69 Å². The third-order valence-corrected chi connectivity index (χ3v) is 5.92. The van der Waals surface area contributed by atoms with Gasteiger partial charge in [0.25, 0.3) is 5.91 Å². The van der Waals surface area contributed by atoms with Crippen molar-refractivity contribution in [1.29, 1.82) is 0 Å². The van der Waals surface area contributed by atoms with Crippen LogP contribution in [-0.4, -0.2) is 49.8 Å². The van der Waals surface area contributed by atoms with Gasteiger partial charge in [0, 0.05) is 24.0 Å². The van der Waals surface area contributed by atoms with E-state index in [2.05, 4.69) is 12.1 Å². The number of anilines is 1. The first-order valence-corrected chi connectivity index (χ1v) is 11.8. The zero-order valence-corrected chi connectivity index (χ0v) is 19.3. The minimum absolute atomic E-state index is 0.114. The normalized spacial score (nSPS) is 12.9. The lowest BCUT2D eigenvalue weighted by atomic mass is 10.1. The van der Waals surface area contributed by atoms with Gasteiger partial charge in [-0.25, -0.2) is 4.98 Å². The Morgan fingerprint density at radius 3 is 2.82 bits per heavy atom. The summed E-state index contributed by atoms with van der Waals surface area (Å²) in [6.45, 7) is 2.84. The lowest BCUT2D eigenvalue weighted by molar-refractivity contribution is -0.144. The Labute approximate surface area is 196 Å². The summed E-state index contributed by atoms with van der Waals surface area (Å²) >= 11 is 1.59. The number of nitrogens with zero attached hydrogens (tertiary/aromatic N) is 2. The highest BCUT2D eigenvalue weighted by molar-refractivity contribution is 7.10. The number of ether oxygens (including phenoxy) is 3. The molecule has 1 aliphatic rings. The molecular weight excluding hydrogens is 440 g/mol. The fraction of sp³-hybridized carbons (Fsp3) is 0.320. The Bertz CT molecular complexity index is 1100. The van der Waals surface area contributed by atoms with E-state index in [-0.39, 0.29) is 25.7 Å². The minimum atomic E-state index is -0.486. The highest BCUT2D eigenvalue weighted by Gasteiger charge is 2.28. The largest absolute Gasteiger partial charge is 0.482 e. The second kappa shape index (κ2) is 11.1. The molecule has 0 saturated carbocycles. The van der Waals surface area contributed by atoms with Crippen molar-refractivity contribution in [1.82, 2.24) is 4.98 Å². The van der Waals surface area contributed by atoms with Gasteiger partial charge in [0.05, 0.1) is 23.0 Å². The van der Waals surface area contributed by atoms with Crippen molar-refractivity contribution < 1.29 is 23.8 Å². The van der Waals surface area contributed by atoms with Crippen molar-refractivity contribution in [3.8, 4) is 17.0 Å². The number of thiazole rings is 1. The van der Waals surface area contributed by atoms with Crippen molar-refractivity contribution in [2.45, 2.75) is 19.8 Å². The molecule has 1 amide bonds. The minimum Gasteiger partial charge on any atom is -0.482 e. The topological polar surface area (TPSA) is 78.0 Å². The van der Waals surface area contributed by atoms with E-state index in [0.717, 1.165) is 29.1 Å². The van der Waals surface area contributed by atoms with Gasteiger partial charge in [-0.05, 0) is 30.2 Å². The van der Waals surface area contributed by atoms with Gasteiger partial charge in [0.1, 0.15) is 18.9 Å². The number of fused-ring (bicyclic) bond motifs is 1. The number of hydrogen-bond donors (Lipinski definition) is 0. The van der Waals surface area contributed by atoms with Crippen LogP contribution < -0.4 is 9.64 Å². The molecule has 0 fully saturated rings. The number of carbonyl (C=O) groups excluding carboxylic acids is 2. The van der Waals surface area contributed by atoms with E-state index < -0.39 is 5.97 Å².